The molecule has 2 aliphatic rings. The Bertz CT molecular complexity index is 478. The van der Waals surface area contributed by atoms with E-state index in [0.717, 1.165) is 25.2 Å². The van der Waals surface area contributed by atoms with Crippen molar-refractivity contribution in [2.24, 2.45) is 0 Å². The molecule has 3 rings (SSSR count). The first kappa shape index (κ1) is 14.6. The smallest absolute Gasteiger partial charge is 0.227 e. The predicted molar refractivity (Wildman–Crippen MR) is 86.4 cm³/mol. The van der Waals surface area contributed by atoms with Crippen molar-refractivity contribution >= 4 is 11.6 Å². The number of nitrogens with one attached hydrogen (secondary N) is 1. The number of carbonyl (C=O) groups is 1. The molecule has 3 nitrogen and oxygen atoms in total. The van der Waals surface area contributed by atoms with Crippen LogP contribution in [0.1, 0.15) is 56.9 Å². The molecule has 1 amide bonds. The van der Waals surface area contributed by atoms with E-state index in [1.165, 1.54) is 44.1 Å². The fourth-order valence-electron chi connectivity index (χ4n) is 3.50. The highest BCUT2D eigenvalue weighted by Gasteiger charge is 2.21. The lowest BCUT2D eigenvalue weighted by Crippen LogP contribution is -2.28. The lowest BCUT2D eigenvalue weighted by Gasteiger charge is -2.19. The third-order valence-electron chi connectivity index (χ3n) is 4.75. The largest absolute Gasteiger partial charge is 0.312 e. The molecule has 1 aliphatic heterocycles. The van der Waals surface area contributed by atoms with Gasteiger partial charge in [0.2, 0.25) is 5.91 Å². The van der Waals surface area contributed by atoms with E-state index >= 15 is 0 Å². The molecule has 1 aromatic rings. The van der Waals surface area contributed by atoms with Crippen molar-refractivity contribution < 1.29 is 4.79 Å². The zero-order valence-corrected chi connectivity index (χ0v) is 12.8. The first-order chi connectivity index (χ1) is 10.3. The van der Waals surface area contributed by atoms with Crippen molar-refractivity contribution in [3.8, 4) is 0 Å². The van der Waals surface area contributed by atoms with Crippen LogP contribution in [0.4, 0.5) is 5.69 Å². The molecule has 1 N–H and O–H groups in total. The van der Waals surface area contributed by atoms with Gasteiger partial charge in [-0.1, -0.05) is 37.8 Å². The summed E-state index contributed by atoms with van der Waals surface area (Å²) in [5.74, 6) is 0.267. The second kappa shape index (κ2) is 7.08. The molecule has 3 heteroatoms. The summed E-state index contributed by atoms with van der Waals surface area (Å²) in [7, 11) is 0. The summed E-state index contributed by atoms with van der Waals surface area (Å²) in [4.78, 5) is 13.8. The zero-order valence-electron chi connectivity index (χ0n) is 12.8. The number of nitrogens with zero attached hydrogens (tertiary/aromatic N) is 1. The highest BCUT2D eigenvalue weighted by molar-refractivity contribution is 5.95. The zero-order chi connectivity index (χ0) is 14.5. The van der Waals surface area contributed by atoms with E-state index in [4.69, 9.17) is 0 Å². The van der Waals surface area contributed by atoms with Crippen LogP contribution in [0.5, 0.6) is 0 Å². The maximum absolute atomic E-state index is 11.8. The van der Waals surface area contributed by atoms with E-state index in [1.807, 2.05) is 4.90 Å². The highest BCUT2D eigenvalue weighted by Crippen LogP contribution is 2.23. The van der Waals surface area contributed by atoms with E-state index < -0.39 is 0 Å². The van der Waals surface area contributed by atoms with Gasteiger partial charge in [0.25, 0.3) is 0 Å². The van der Waals surface area contributed by atoms with Gasteiger partial charge in [0.05, 0.1) is 0 Å². The molecule has 0 aromatic heterocycles. The molecule has 1 saturated heterocycles. The van der Waals surface area contributed by atoms with Gasteiger partial charge >= 0.3 is 0 Å². The van der Waals surface area contributed by atoms with Crippen LogP contribution < -0.4 is 10.2 Å². The number of hydrogen-bond acceptors (Lipinski definition) is 2. The molecule has 114 valence electrons. The van der Waals surface area contributed by atoms with Gasteiger partial charge in [0.1, 0.15) is 0 Å². The minimum atomic E-state index is 0.267. The quantitative estimate of drug-likeness (QED) is 0.857. The van der Waals surface area contributed by atoms with Gasteiger partial charge < -0.3 is 10.2 Å². The van der Waals surface area contributed by atoms with Crippen molar-refractivity contribution in [2.75, 3.05) is 11.4 Å². The average Bonchev–Trinajstić information content (AvgIpc) is 2.77. The molecular weight excluding hydrogens is 260 g/mol. The summed E-state index contributed by atoms with van der Waals surface area (Å²) < 4.78 is 0. The molecular formula is C18H26N2O. The normalized spacial score (nSPS) is 20.8. The number of hydrogen-bond donors (Lipinski definition) is 1. The van der Waals surface area contributed by atoms with E-state index in [2.05, 4.69) is 29.6 Å². The summed E-state index contributed by atoms with van der Waals surface area (Å²) >= 11 is 0. The maximum atomic E-state index is 11.8. The van der Waals surface area contributed by atoms with Gasteiger partial charge in [-0.3, -0.25) is 4.79 Å². The molecule has 1 aromatic carbocycles. The van der Waals surface area contributed by atoms with Gasteiger partial charge in [-0.15, -0.1) is 0 Å². The summed E-state index contributed by atoms with van der Waals surface area (Å²) in [6.07, 6.45) is 9.82. The minimum absolute atomic E-state index is 0.267. The van der Waals surface area contributed by atoms with Crippen LogP contribution in [0, 0.1) is 0 Å². The molecule has 0 spiro atoms. The van der Waals surface area contributed by atoms with Crippen LogP contribution in [0.2, 0.25) is 0 Å². The Morgan fingerprint density at radius 1 is 1.10 bits per heavy atom. The lowest BCUT2D eigenvalue weighted by molar-refractivity contribution is -0.117. The van der Waals surface area contributed by atoms with Crippen molar-refractivity contribution in [3.63, 3.8) is 0 Å². The summed E-state index contributed by atoms with van der Waals surface area (Å²) in [6.45, 7) is 1.79. The molecule has 0 atom stereocenters. The fraction of sp³-hybridized carbons (Fsp3) is 0.611. The second-order valence-corrected chi connectivity index (χ2v) is 6.39. The van der Waals surface area contributed by atoms with E-state index in [0.29, 0.717) is 12.5 Å². The molecule has 21 heavy (non-hydrogen) atoms. The van der Waals surface area contributed by atoms with Crippen LogP contribution in [-0.4, -0.2) is 18.5 Å². The van der Waals surface area contributed by atoms with Crippen LogP contribution in [-0.2, 0) is 11.3 Å². The first-order valence-corrected chi connectivity index (χ1v) is 8.45. The number of benzene rings is 1. The molecule has 0 bridgehead atoms. The molecule has 2 fully saturated rings. The van der Waals surface area contributed by atoms with Gasteiger partial charge in [-0.05, 0) is 37.0 Å². The minimum Gasteiger partial charge on any atom is -0.312 e. The molecule has 1 aliphatic carbocycles. The number of rotatable bonds is 4. The number of anilines is 1. The number of amides is 1. The predicted octanol–water partition coefficient (Wildman–Crippen LogP) is 3.63. The third-order valence-corrected chi connectivity index (χ3v) is 4.75. The van der Waals surface area contributed by atoms with Crippen LogP contribution in [0.25, 0.3) is 0 Å². The van der Waals surface area contributed by atoms with Crippen LogP contribution in [0.3, 0.4) is 0 Å². The Balaban J connectivity index is 1.59. The SMILES string of the molecule is O=C1CCCN1c1cccc(CNC2CCCCCC2)c1. The standard InChI is InChI=1S/C18H26N2O/c21-18-11-6-12-20(18)17-10-5-7-15(13-17)14-19-16-8-3-1-2-4-9-16/h5,7,10,13,16,19H,1-4,6,8-9,11-12,14H2. The summed E-state index contributed by atoms with van der Waals surface area (Å²) in [5.41, 5.74) is 2.36. The van der Waals surface area contributed by atoms with Crippen molar-refractivity contribution in [3.05, 3.63) is 29.8 Å². The Kier molecular flexibility index (Phi) is 4.91. The van der Waals surface area contributed by atoms with Crippen LogP contribution >= 0.6 is 0 Å². The van der Waals surface area contributed by atoms with Crippen molar-refractivity contribution in [1.82, 2.24) is 5.32 Å². The molecule has 0 unspecified atom stereocenters. The van der Waals surface area contributed by atoms with E-state index in [-0.39, 0.29) is 5.91 Å². The van der Waals surface area contributed by atoms with Gasteiger partial charge in [0, 0.05) is 31.2 Å². The Labute approximate surface area is 127 Å². The van der Waals surface area contributed by atoms with Crippen LogP contribution in [0.15, 0.2) is 24.3 Å². The highest BCUT2D eigenvalue weighted by atomic mass is 16.2. The second-order valence-electron chi connectivity index (χ2n) is 6.39. The molecule has 1 heterocycles. The van der Waals surface area contributed by atoms with E-state index in [1.54, 1.807) is 0 Å². The van der Waals surface area contributed by atoms with Crippen molar-refractivity contribution in [1.29, 1.82) is 0 Å². The summed E-state index contributed by atoms with van der Waals surface area (Å²) in [5, 5.41) is 3.70. The van der Waals surface area contributed by atoms with E-state index in [9.17, 15) is 4.79 Å². The molecule has 0 radical (unpaired) electrons. The monoisotopic (exact) mass is 286 g/mol. The Morgan fingerprint density at radius 3 is 2.62 bits per heavy atom. The Morgan fingerprint density at radius 2 is 1.90 bits per heavy atom. The fourth-order valence-corrected chi connectivity index (χ4v) is 3.50. The average molecular weight is 286 g/mol. The third kappa shape index (κ3) is 3.85. The van der Waals surface area contributed by atoms with Gasteiger partial charge in [-0.2, -0.15) is 0 Å². The van der Waals surface area contributed by atoms with Gasteiger partial charge in [-0.25, -0.2) is 0 Å². The summed E-state index contributed by atoms with van der Waals surface area (Å²) in [6, 6.07) is 9.13. The van der Waals surface area contributed by atoms with Gasteiger partial charge in [0.15, 0.2) is 0 Å². The topological polar surface area (TPSA) is 32.3 Å². The number of carbonyl (C=O) groups excluding carboxylic acids is 1. The maximum Gasteiger partial charge on any atom is 0.227 e. The Hall–Kier alpha value is -1.35. The first-order valence-electron chi connectivity index (χ1n) is 8.45. The van der Waals surface area contributed by atoms with Crippen molar-refractivity contribution in [2.45, 2.75) is 64.0 Å². The lowest BCUT2D eigenvalue weighted by atomic mass is 10.1. The molecule has 1 saturated carbocycles.